The number of piperidine rings is 1. The van der Waals surface area contributed by atoms with E-state index in [1.165, 1.54) is 23.4 Å². The molecule has 5 rings (SSSR count). The number of carbonyl (C=O) groups is 1. The van der Waals surface area contributed by atoms with E-state index >= 15 is 4.39 Å². The molecule has 3 heterocycles. The SMILES string of the molecule is CCC(O)(c1cc(F)c2c(c1)C(=O)N(Cc1ncc(Cl)cn1)[C@@]2(OCCO)c1ccc(Cl)cc1)C1CCN(C)CC1. The number of hydrogen-bond donors (Lipinski definition) is 2. The van der Waals surface area contributed by atoms with Crippen molar-refractivity contribution >= 4 is 29.1 Å². The van der Waals surface area contributed by atoms with E-state index in [9.17, 15) is 15.0 Å². The predicted molar refractivity (Wildman–Crippen MR) is 153 cm³/mol. The molecule has 8 nitrogen and oxygen atoms in total. The minimum absolute atomic E-state index is 0.00202. The number of nitrogens with zero attached hydrogens (tertiary/aromatic N) is 4. The van der Waals surface area contributed by atoms with Gasteiger partial charge in [-0.3, -0.25) is 9.69 Å². The summed E-state index contributed by atoms with van der Waals surface area (Å²) in [4.78, 5) is 26.3. The predicted octanol–water partition coefficient (Wildman–Crippen LogP) is 4.73. The normalized spacial score (nSPS) is 21.2. The third-order valence-electron chi connectivity index (χ3n) is 8.33. The third-order valence-corrected chi connectivity index (χ3v) is 8.78. The van der Waals surface area contributed by atoms with Gasteiger partial charge in [-0.1, -0.05) is 42.3 Å². The van der Waals surface area contributed by atoms with Crippen LogP contribution >= 0.6 is 23.2 Å². The van der Waals surface area contributed by atoms with Gasteiger partial charge < -0.3 is 19.8 Å². The molecule has 3 aromatic rings. The highest BCUT2D eigenvalue weighted by Gasteiger charge is 2.55. The zero-order chi connectivity index (χ0) is 29.4. The van der Waals surface area contributed by atoms with Crippen LogP contribution in [0.1, 0.15) is 59.1 Å². The van der Waals surface area contributed by atoms with Crippen LogP contribution in [0.4, 0.5) is 4.39 Å². The molecular formula is C30H33Cl2FN4O4. The molecule has 0 spiro atoms. The van der Waals surface area contributed by atoms with E-state index in [0.717, 1.165) is 25.9 Å². The second-order valence-corrected chi connectivity index (χ2v) is 11.5. The highest BCUT2D eigenvalue weighted by atomic mass is 35.5. The molecule has 1 saturated heterocycles. The van der Waals surface area contributed by atoms with E-state index < -0.39 is 23.1 Å². The molecule has 0 aliphatic carbocycles. The molecule has 1 unspecified atom stereocenters. The molecule has 41 heavy (non-hydrogen) atoms. The maximum atomic E-state index is 16.6. The monoisotopic (exact) mass is 602 g/mol. The first kappa shape index (κ1) is 29.8. The molecule has 1 aromatic heterocycles. The Morgan fingerprint density at radius 2 is 1.78 bits per heavy atom. The molecule has 2 atom stereocenters. The molecule has 2 aromatic carbocycles. The van der Waals surface area contributed by atoms with Crippen molar-refractivity contribution in [3.8, 4) is 0 Å². The number of rotatable bonds is 9. The maximum absolute atomic E-state index is 16.6. The highest BCUT2D eigenvalue weighted by Crippen LogP contribution is 2.49. The largest absolute Gasteiger partial charge is 0.394 e. The Labute approximate surface area is 248 Å². The van der Waals surface area contributed by atoms with Crippen LogP contribution in [-0.4, -0.2) is 69.2 Å². The molecule has 1 amide bonds. The standard InChI is InChI=1S/C30H33Cl2FN4O4/c1-3-29(40,19-8-10-36(2)11-9-19)21-14-24-27(25(33)15-21)30(41-13-12-38,20-4-6-22(31)7-5-20)37(28(24)39)18-26-34-16-23(32)17-35-26/h4-7,14-17,19,38,40H,3,8-13,18H2,1-2H3/t29?,30-/m1/s1. The van der Waals surface area contributed by atoms with E-state index in [-0.39, 0.29) is 42.6 Å². The fraction of sp³-hybridized carbons (Fsp3) is 0.433. The first-order valence-electron chi connectivity index (χ1n) is 13.7. The van der Waals surface area contributed by atoms with Crippen LogP contribution in [0.2, 0.25) is 10.0 Å². The van der Waals surface area contributed by atoms with Gasteiger partial charge in [0.1, 0.15) is 11.6 Å². The van der Waals surface area contributed by atoms with Gasteiger partial charge in [0.25, 0.3) is 5.91 Å². The number of hydrogen-bond acceptors (Lipinski definition) is 7. The Morgan fingerprint density at radius 1 is 1.12 bits per heavy atom. The Morgan fingerprint density at radius 3 is 2.39 bits per heavy atom. The fourth-order valence-corrected chi connectivity index (χ4v) is 6.38. The topological polar surface area (TPSA) is 99.0 Å². The van der Waals surface area contributed by atoms with Gasteiger partial charge in [0.05, 0.1) is 41.5 Å². The van der Waals surface area contributed by atoms with Gasteiger partial charge in [0.15, 0.2) is 5.72 Å². The van der Waals surface area contributed by atoms with Gasteiger partial charge in [-0.05, 0) is 75.1 Å². The number of carbonyl (C=O) groups excluding carboxylic acids is 1. The molecular weight excluding hydrogens is 570 g/mol. The number of ether oxygens (including phenoxy) is 1. The minimum Gasteiger partial charge on any atom is -0.394 e. The van der Waals surface area contributed by atoms with Crippen molar-refractivity contribution in [2.45, 2.75) is 44.1 Å². The summed E-state index contributed by atoms with van der Waals surface area (Å²) in [5, 5.41) is 22.5. The Bertz CT molecular complexity index is 1400. The average Bonchev–Trinajstić information content (AvgIpc) is 3.21. The second-order valence-electron chi connectivity index (χ2n) is 10.7. The average molecular weight is 604 g/mol. The Kier molecular flexibility index (Phi) is 8.66. The van der Waals surface area contributed by atoms with E-state index in [4.69, 9.17) is 27.9 Å². The molecule has 1 fully saturated rings. The zero-order valence-electron chi connectivity index (χ0n) is 23.0. The van der Waals surface area contributed by atoms with Crippen LogP contribution in [0, 0.1) is 11.7 Å². The van der Waals surface area contributed by atoms with Crippen LogP contribution in [-0.2, 0) is 22.6 Å². The van der Waals surface area contributed by atoms with E-state index in [1.54, 1.807) is 30.3 Å². The van der Waals surface area contributed by atoms with Crippen LogP contribution in [0.25, 0.3) is 0 Å². The second kappa shape index (κ2) is 11.9. The van der Waals surface area contributed by atoms with Gasteiger partial charge in [-0.15, -0.1) is 0 Å². The molecule has 2 N–H and O–H groups in total. The van der Waals surface area contributed by atoms with E-state index in [1.807, 2.05) is 14.0 Å². The smallest absolute Gasteiger partial charge is 0.257 e. The van der Waals surface area contributed by atoms with E-state index in [2.05, 4.69) is 14.9 Å². The first-order chi connectivity index (χ1) is 19.6. The molecule has 0 radical (unpaired) electrons. The van der Waals surface area contributed by atoms with Crippen LogP contribution in [0.5, 0.6) is 0 Å². The van der Waals surface area contributed by atoms with Crippen molar-refractivity contribution in [3.63, 3.8) is 0 Å². The lowest BCUT2D eigenvalue weighted by Gasteiger charge is -2.41. The van der Waals surface area contributed by atoms with Crippen molar-refractivity contribution in [1.82, 2.24) is 19.8 Å². The lowest BCUT2D eigenvalue weighted by Crippen LogP contribution is -2.47. The molecule has 11 heteroatoms. The summed E-state index contributed by atoms with van der Waals surface area (Å²) in [6.45, 7) is 2.82. The fourth-order valence-electron chi connectivity index (χ4n) is 6.16. The lowest BCUT2D eigenvalue weighted by molar-refractivity contribution is -0.121. The Balaban J connectivity index is 1.70. The first-order valence-corrected chi connectivity index (χ1v) is 14.4. The van der Waals surface area contributed by atoms with Gasteiger partial charge >= 0.3 is 0 Å². The Hall–Kier alpha value is -2.66. The molecule has 2 aliphatic rings. The van der Waals surface area contributed by atoms with Crippen molar-refractivity contribution in [1.29, 1.82) is 0 Å². The molecule has 218 valence electrons. The molecule has 0 saturated carbocycles. The van der Waals surface area contributed by atoms with E-state index in [0.29, 0.717) is 27.6 Å². The number of aromatic nitrogens is 2. The molecule has 2 aliphatic heterocycles. The van der Waals surface area contributed by atoms with Crippen molar-refractivity contribution in [2.24, 2.45) is 5.92 Å². The summed E-state index contributed by atoms with van der Waals surface area (Å²) in [5.74, 6) is -1.05. The lowest BCUT2D eigenvalue weighted by atomic mass is 9.73. The molecule has 0 bridgehead atoms. The highest BCUT2D eigenvalue weighted by molar-refractivity contribution is 6.30. The third kappa shape index (κ3) is 5.35. The summed E-state index contributed by atoms with van der Waals surface area (Å²) >= 11 is 12.2. The van der Waals surface area contributed by atoms with Crippen LogP contribution < -0.4 is 0 Å². The minimum atomic E-state index is -1.76. The van der Waals surface area contributed by atoms with Gasteiger partial charge in [-0.25, -0.2) is 14.4 Å². The number of fused-ring (bicyclic) bond motifs is 1. The number of aliphatic hydroxyl groups excluding tert-OH is 1. The van der Waals surface area contributed by atoms with Crippen LogP contribution in [0.15, 0.2) is 48.8 Å². The number of likely N-dealkylation sites (tertiary alicyclic amines) is 1. The summed E-state index contributed by atoms with van der Waals surface area (Å²) in [5.41, 5.74) is -2.22. The zero-order valence-corrected chi connectivity index (χ0v) is 24.5. The summed E-state index contributed by atoms with van der Waals surface area (Å²) < 4.78 is 22.8. The van der Waals surface area contributed by atoms with Gasteiger partial charge in [0, 0.05) is 23.0 Å². The van der Waals surface area contributed by atoms with Gasteiger partial charge in [0.2, 0.25) is 0 Å². The number of benzene rings is 2. The van der Waals surface area contributed by atoms with Crippen molar-refractivity contribution in [3.05, 3.63) is 92.7 Å². The maximum Gasteiger partial charge on any atom is 0.257 e. The number of halogens is 3. The van der Waals surface area contributed by atoms with Gasteiger partial charge in [-0.2, -0.15) is 0 Å². The number of amides is 1. The summed E-state index contributed by atoms with van der Waals surface area (Å²) in [6.07, 6.45) is 4.69. The summed E-state index contributed by atoms with van der Waals surface area (Å²) in [7, 11) is 2.04. The quantitative estimate of drug-likeness (QED) is 0.365. The summed E-state index contributed by atoms with van der Waals surface area (Å²) in [6, 6.07) is 9.49. The van der Waals surface area contributed by atoms with Crippen molar-refractivity contribution < 1.29 is 24.1 Å². The number of aliphatic hydroxyl groups is 2. The van der Waals surface area contributed by atoms with Crippen molar-refractivity contribution in [2.75, 3.05) is 33.4 Å². The van der Waals surface area contributed by atoms with Crippen LogP contribution in [0.3, 0.4) is 0 Å².